The average molecular weight is 323 g/mol. The molecule has 0 saturated carbocycles. The Balaban J connectivity index is 2.31. The SMILES string of the molecule is Cc1ccc(Br)cc1Oc1ncc(C(=O)O)c(C)n1. The molecule has 98 valence electrons. The highest BCUT2D eigenvalue weighted by Crippen LogP contribution is 2.26. The molecular formula is C13H11BrN2O3. The van der Waals surface area contributed by atoms with Gasteiger partial charge in [-0.1, -0.05) is 22.0 Å². The Hall–Kier alpha value is -1.95. The fourth-order valence-electron chi connectivity index (χ4n) is 1.49. The number of carboxylic acid groups (broad SMARTS) is 1. The van der Waals surface area contributed by atoms with E-state index in [2.05, 4.69) is 25.9 Å². The summed E-state index contributed by atoms with van der Waals surface area (Å²) in [4.78, 5) is 18.8. The van der Waals surface area contributed by atoms with Gasteiger partial charge in [-0.3, -0.25) is 0 Å². The molecule has 19 heavy (non-hydrogen) atoms. The van der Waals surface area contributed by atoms with Crippen LogP contribution in [0.2, 0.25) is 0 Å². The van der Waals surface area contributed by atoms with Gasteiger partial charge in [0.05, 0.1) is 11.3 Å². The van der Waals surface area contributed by atoms with Crippen molar-refractivity contribution in [3.05, 3.63) is 45.7 Å². The zero-order valence-electron chi connectivity index (χ0n) is 10.3. The van der Waals surface area contributed by atoms with Gasteiger partial charge in [0.25, 0.3) is 0 Å². The first kappa shape index (κ1) is 13.5. The zero-order valence-corrected chi connectivity index (χ0v) is 11.9. The van der Waals surface area contributed by atoms with Crippen LogP contribution < -0.4 is 4.74 Å². The number of carbonyl (C=O) groups is 1. The van der Waals surface area contributed by atoms with Gasteiger partial charge in [0, 0.05) is 10.7 Å². The van der Waals surface area contributed by atoms with E-state index in [1.165, 1.54) is 6.20 Å². The molecule has 0 amide bonds. The normalized spacial score (nSPS) is 10.3. The van der Waals surface area contributed by atoms with Gasteiger partial charge < -0.3 is 9.84 Å². The highest BCUT2D eigenvalue weighted by atomic mass is 79.9. The molecule has 0 fully saturated rings. The Bertz CT molecular complexity index is 644. The van der Waals surface area contributed by atoms with Crippen LogP contribution in [0.5, 0.6) is 11.8 Å². The summed E-state index contributed by atoms with van der Waals surface area (Å²) in [5.41, 5.74) is 1.37. The lowest BCUT2D eigenvalue weighted by molar-refractivity contribution is 0.0695. The molecule has 1 aromatic carbocycles. The second-order valence-corrected chi connectivity index (χ2v) is 4.88. The fraction of sp³-hybridized carbons (Fsp3) is 0.154. The van der Waals surface area contributed by atoms with E-state index < -0.39 is 5.97 Å². The second-order valence-electron chi connectivity index (χ2n) is 3.97. The van der Waals surface area contributed by atoms with Gasteiger partial charge in [0.2, 0.25) is 0 Å². The molecule has 1 heterocycles. The number of aromatic nitrogens is 2. The maximum Gasteiger partial charge on any atom is 0.339 e. The Morgan fingerprint density at radius 2 is 2.11 bits per heavy atom. The van der Waals surface area contributed by atoms with Crippen molar-refractivity contribution in [2.75, 3.05) is 0 Å². The average Bonchev–Trinajstić information content (AvgIpc) is 2.33. The van der Waals surface area contributed by atoms with Gasteiger partial charge in [-0.05, 0) is 31.5 Å². The van der Waals surface area contributed by atoms with Crippen molar-refractivity contribution in [1.29, 1.82) is 0 Å². The topological polar surface area (TPSA) is 72.3 Å². The number of halogens is 1. The summed E-state index contributed by atoms with van der Waals surface area (Å²) in [7, 11) is 0. The molecular weight excluding hydrogens is 312 g/mol. The Morgan fingerprint density at radius 3 is 2.74 bits per heavy atom. The van der Waals surface area contributed by atoms with E-state index in [0.29, 0.717) is 11.4 Å². The number of benzene rings is 1. The second kappa shape index (κ2) is 5.36. The molecule has 2 aromatic rings. The Kier molecular flexibility index (Phi) is 3.80. The molecule has 0 saturated heterocycles. The third kappa shape index (κ3) is 3.08. The predicted octanol–water partition coefficient (Wildman–Crippen LogP) is 3.35. The summed E-state index contributed by atoms with van der Waals surface area (Å²) < 4.78 is 6.44. The van der Waals surface area contributed by atoms with Crippen LogP contribution in [0.25, 0.3) is 0 Å². The number of rotatable bonds is 3. The van der Waals surface area contributed by atoms with Crippen LogP contribution in [0.1, 0.15) is 21.6 Å². The minimum absolute atomic E-state index is 0.0679. The van der Waals surface area contributed by atoms with Crippen molar-refractivity contribution < 1.29 is 14.6 Å². The number of nitrogens with zero attached hydrogens (tertiary/aromatic N) is 2. The largest absolute Gasteiger partial charge is 0.478 e. The lowest BCUT2D eigenvalue weighted by Gasteiger charge is -2.08. The molecule has 6 heteroatoms. The van der Waals surface area contributed by atoms with Crippen molar-refractivity contribution in [3.8, 4) is 11.8 Å². The van der Waals surface area contributed by atoms with Crippen LogP contribution in [0.4, 0.5) is 0 Å². The summed E-state index contributed by atoms with van der Waals surface area (Å²) >= 11 is 3.36. The molecule has 0 radical (unpaired) electrons. The lowest BCUT2D eigenvalue weighted by atomic mass is 10.2. The molecule has 0 spiro atoms. The summed E-state index contributed by atoms with van der Waals surface area (Å²) in [5.74, 6) is -0.431. The third-order valence-corrected chi connectivity index (χ3v) is 3.03. The Labute approximate surface area is 118 Å². The number of carboxylic acids is 1. The van der Waals surface area contributed by atoms with Crippen LogP contribution in [0, 0.1) is 13.8 Å². The summed E-state index contributed by atoms with van der Waals surface area (Å²) in [6.07, 6.45) is 1.24. The summed E-state index contributed by atoms with van der Waals surface area (Å²) in [6, 6.07) is 5.74. The molecule has 0 atom stereocenters. The highest BCUT2D eigenvalue weighted by Gasteiger charge is 2.11. The first-order valence-electron chi connectivity index (χ1n) is 5.48. The predicted molar refractivity (Wildman–Crippen MR) is 72.7 cm³/mol. The summed E-state index contributed by atoms with van der Waals surface area (Å²) in [6.45, 7) is 3.51. The van der Waals surface area contributed by atoms with Gasteiger partial charge >= 0.3 is 12.0 Å². The van der Waals surface area contributed by atoms with E-state index in [0.717, 1.165) is 10.0 Å². The van der Waals surface area contributed by atoms with Crippen LogP contribution >= 0.6 is 15.9 Å². The minimum atomic E-state index is -1.05. The fourth-order valence-corrected chi connectivity index (χ4v) is 1.83. The van der Waals surface area contributed by atoms with Gasteiger partial charge in [-0.15, -0.1) is 0 Å². The number of aryl methyl sites for hydroxylation is 2. The lowest BCUT2D eigenvalue weighted by Crippen LogP contribution is -2.04. The molecule has 0 aliphatic rings. The minimum Gasteiger partial charge on any atom is -0.478 e. The molecule has 1 aromatic heterocycles. The van der Waals surface area contributed by atoms with Crippen LogP contribution in [-0.4, -0.2) is 21.0 Å². The smallest absolute Gasteiger partial charge is 0.339 e. The monoisotopic (exact) mass is 322 g/mol. The van der Waals surface area contributed by atoms with E-state index in [9.17, 15) is 4.79 Å². The zero-order chi connectivity index (χ0) is 14.0. The summed E-state index contributed by atoms with van der Waals surface area (Å²) in [5, 5.41) is 8.90. The van der Waals surface area contributed by atoms with E-state index in [-0.39, 0.29) is 11.6 Å². The molecule has 0 aliphatic heterocycles. The standard InChI is InChI=1S/C13H11BrN2O3/c1-7-3-4-9(14)5-11(7)19-13-15-6-10(12(17)18)8(2)16-13/h3-6H,1-2H3,(H,17,18). The van der Waals surface area contributed by atoms with Gasteiger partial charge in [0.15, 0.2) is 0 Å². The van der Waals surface area contributed by atoms with Crippen LogP contribution in [0.15, 0.2) is 28.9 Å². The molecule has 0 unspecified atom stereocenters. The van der Waals surface area contributed by atoms with Gasteiger partial charge in [-0.2, -0.15) is 4.98 Å². The van der Waals surface area contributed by atoms with E-state index in [1.54, 1.807) is 13.0 Å². The van der Waals surface area contributed by atoms with E-state index in [1.807, 2.05) is 19.1 Å². The molecule has 5 nitrogen and oxygen atoms in total. The Morgan fingerprint density at radius 1 is 1.37 bits per heavy atom. The molecule has 0 bridgehead atoms. The van der Waals surface area contributed by atoms with Crippen LogP contribution in [0.3, 0.4) is 0 Å². The van der Waals surface area contributed by atoms with Crippen LogP contribution in [-0.2, 0) is 0 Å². The maximum atomic E-state index is 10.9. The quantitative estimate of drug-likeness (QED) is 0.938. The van der Waals surface area contributed by atoms with E-state index in [4.69, 9.17) is 9.84 Å². The molecule has 0 aliphatic carbocycles. The van der Waals surface area contributed by atoms with Crippen molar-refractivity contribution >= 4 is 21.9 Å². The molecule has 1 N–H and O–H groups in total. The highest BCUT2D eigenvalue weighted by molar-refractivity contribution is 9.10. The third-order valence-electron chi connectivity index (χ3n) is 2.54. The number of hydrogen-bond acceptors (Lipinski definition) is 4. The first-order chi connectivity index (χ1) is 8.97. The van der Waals surface area contributed by atoms with E-state index >= 15 is 0 Å². The van der Waals surface area contributed by atoms with Crippen molar-refractivity contribution in [3.63, 3.8) is 0 Å². The van der Waals surface area contributed by atoms with Crippen molar-refractivity contribution in [1.82, 2.24) is 9.97 Å². The van der Waals surface area contributed by atoms with Gasteiger partial charge in [-0.25, -0.2) is 9.78 Å². The number of hydrogen-bond donors (Lipinski definition) is 1. The van der Waals surface area contributed by atoms with Gasteiger partial charge in [0.1, 0.15) is 5.75 Å². The van der Waals surface area contributed by atoms with Crippen molar-refractivity contribution in [2.45, 2.75) is 13.8 Å². The van der Waals surface area contributed by atoms with Crippen molar-refractivity contribution in [2.24, 2.45) is 0 Å². The maximum absolute atomic E-state index is 10.9. The number of aromatic carboxylic acids is 1. The number of ether oxygens (including phenoxy) is 1. The molecule has 2 rings (SSSR count). The first-order valence-corrected chi connectivity index (χ1v) is 6.27.